The maximum absolute atomic E-state index is 12.6. The van der Waals surface area contributed by atoms with Gasteiger partial charge in [0, 0.05) is 22.6 Å². The van der Waals surface area contributed by atoms with E-state index in [1.54, 1.807) is 0 Å². The van der Waals surface area contributed by atoms with Gasteiger partial charge in [-0.1, -0.05) is 37.3 Å². The molecule has 1 aliphatic rings. The summed E-state index contributed by atoms with van der Waals surface area (Å²) in [6.45, 7) is 2.28. The summed E-state index contributed by atoms with van der Waals surface area (Å²) in [5, 5.41) is 3.65. The van der Waals surface area contributed by atoms with Crippen LogP contribution in [-0.4, -0.2) is 22.5 Å². The third-order valence-corrected chi connectivity index (χ3v) is 5.73. The van der Waals surface area contributed by atoms with E-state index in [-0.39, 0.29) is 0 Å². The third kappa shape index (κ3) is 3.42. The van der Waals surface area contributed by atoms with E-state index in [0.29, 0.717) is 23.0 Å². The van der Waals surface area contributed by atoms with Gasteiger partial charge in [0.2, 0.25) is 0 Å². The lowest BCUT2D eigenvalue weighted by molar-refractivity contribution is 0.324. The van der Waals surface area contributed by atoms with Crippen LogP contribution in [0.5, 0.6) is 0 Å². The van der Waals surface area contributed by atoms with Crippen molar-refractivity contribution in [1.82, 2.24) is 5.32 Å². The largest absolute Gasteiger partial charge is 0.316 e. The summed E-state index contributed by atoms with van der Waals surface area (Å²) in [5.74, 6) is 1.40. The Morgan fingerprint density at radius 3 is 2.67 bits per heavy atom. The molecule has 3 heteroatoms. The summed E-state index contributed by atoms with van der Waals surface area (Å²) in [5.41, 5.74) is 1.18. The molecule has 1 aromatic rings. The molecule has 1 saturated carbocycles. The normalized spacial score (nSPS) is 30.0. The lowest BCUT2D eigenvalue weighted by atomic mass is 9.87. The van der Waals surface area contributed by atoms with E-state index in [9.17, 15) is 4.21 Å². The summed E-state index contributed by atoms with van der Waals surface area (Å²) >= 11 is 0. The van der Waals surface area contributed by atoms with Crippen LogP contribution in [0.3, 0.4) is 0 Å². The maximum atomic E-state index is 12.6. The molecule has 18 heavy (non-hydrogen) atoms. The van der Waals surface area contributed by atoms with Gasteiger partial charge in [-0.3, -0.25) is 4.21 Å². The van der Waals surface area contributed by atoms with Crippen molar-refractivity contribution in [2.24, 2.45) is 5.92 Å². The topological polar surface area (TPSA) is 29.1 Å². The van der Waals surface area contributed by atoms with Crippen molar-refractivity contribution in [3.8, 4) is 0 Å². The minimum atomic E-state index is -0.771. The van der Waals surface area contributed by atoms with Gasteiger partial charge in [0.05, 0.1) is 5.25 Å². The lowest BCUT2D eigenvalue weighted by Gasteiger charge is -2.34. The highest BCUT2D eigenvalue weighted by Crippen LogP contribution is 2.28. The fourth-order valence-electron chi connectivity index (χ4n) is 2.79. The molecule has 2 nitrogen and oxygen atoms in total. The Morgan fingerprint density at radius 2 is 2.00 bits per heavy atom. The van der Waals surface area contributed by atoms with Crippen molar-refractivity contribution < 1.29 is 4.21 Å². The number of rotatable bonds is 4. The Hall–Kier alpha value is -0.670. The number of benzene rings is 1. The molecular weight excluding hydrogens is 242 g/mol. The zero-order chi connectivity index (χ0) is 13.0. The van der Waals surface area contributed by atoms with Crippen molar-refractivity contribution in [2.75, 3.05) is 7.05 Å². The molecule has 0 bridgehead atoms. The van der Waals surface area contributed by atoms with Crippen LogP contribution in [0.2, 0.25) is 0 Å². The molecule has 0 heterocycles. The summed E-state index contributed by atoms with van der Waals surface area (Å²) in [6, 6.07) is 10.6. The van der Waals surface area contributed by atoms with Gasteiger partial charge < -0.3 is 5.32 Å². The first-order valence-corrected chi connectivity index (χ1v) is 8.17. The monoisotopic (exact) mass is 265 g/mol. The Balaban J connectivity index is 2.02. The molecule has 100 valence electrons. The van der Waals surface area contributed by atoms with Gasteiger partial charge in [-0.2, -0.15) is 0 Å². The number of hydrogen-bond donors (Lipinski definition) is 1. The van der Waals surface area contributed by atoms with Gasteiger partial charge in [-0.25, -0.2) is 0 Å². The van der Waals surface area contributed by atoms with E-state index in [1.165, 1.54) is 12.0 Å². The molecule has 2 rings (SSSR count). The van der Waals surface area contributed by atoms with Crippen LogP contribution in [-0.2, 0) is 16.6 Å². The SMILES string of the molecule is CNC1CCC(C)CC1S(=O)Cc1ccccc1. The van der Waals surface area contributed by atoms with E-state index in [0.717, 1.165) is 12.8 Å². The van der Waals surface area contributed by atoms with E-state index in [2.05, 4.69) is 24.4 Å². The zero-order valence-corrected chi connectivity index (χ0v) is 12.1. The maximum Gasteiger partial charge on any atom is 0.0507 e. The minimum Gasteiger partial charge on any atom is -0.316 e. The van der Waals surface area contributed by atoms with Gasteiger partial charge in [0.1, 0.15) is 0 Å². The minimum absolute atomic E-state index is 0.305. The highest BCUT2D eigenvalue weighted by atomic mass is 32.2. The summed E-state index contributed by atoms with van der Waals surface area (Å²) in [7, 11) is 1.22. The van der Waals surface area contributed by atoms with Gasteiger partial charge in [-0.05, 0) is 37.8 Å². The summed E-state index contributed by atoms with van der Waals surface area (Å²) in [4.78, 5) is 0. The molecule has 1 aromatic carbocycles. The molecule has 0 radical (unpaired) electrons. The quantitative estimate of drug-likeness (QED) is 0.907. The second-order valence-electron chi connectivity index (χ2n) is 5.36. The first kappa shape index (κ1) is 13.8. The molecule has 0 aliphatic heterocycles. The van der Waals surface area contributed by atoms with E-state index in [4.69, 9.17) is 0 Å². The van der Waals surface area contributed by atoms with Crippen molar-refractivity contribution in [1.29, 1.82) is 0 Å². The molecule has 0 aromatic heterocycles. The van der Waals surface area contributed by atoms with Crippen molar-refractivity contribution in [3.63, 3.8) is 0 Å². The molecule has 0 saturated heterocycles. The molecule has 1 aliphatic carbocycles. The van der Waals surface area contributed by atoms with Crippen LogP contribution >= 0.6 is 0 Å². The van der Waals surface area contributed by atoms with Crippen molar-refractivity contribution >= 4 is 10.8 Å². The second-order valence-corrected chi connectivity index (χ2v) is 7.02. The third-order valence-electron chi connectivity index (χ3n) is 3.91. The lowest BCUT2D eigenvalue weighted by Crippen LogP contribution is -2.44. The Kier molecular flexibility index (Phi) is 4.95. The highest BCUT2D eigenvalue weighted by molar-refractivity contribution is 7.84. The number of nitrogens with one attached hydrogen (secondary N) is 1. The fraction of sp³-hybridized carbons (Fsp3) is 0.600. The molecule has 4 atom stereocenters. The molecular formula is C15H23NOS. The Labute approximate surface area is 113 Å². The Morgan fingerprint density at radius 1 is 1.28 bits per heavy atom. The highest BCUT2D eigenvalue weighted by Gasteiger charge is 2.31. The Bertz CT molecular complexity index is 393. The van der Waals surface area contributed by atoms with Crippen molar-refractivity contribution in [2.45, 2.75) is 43.2 Å². The molecule has 4 unspecified atom stereocenters. The standard InChI is InChI=1S/C15H23NOS/c1-12-8-9-14(16-2)15(10-12)18(17)11-13-6-4-3-5-7-13/h3-7,12,14-16H,8-11H2,1-2H3. The van der Waals surface area contributed by atoms with Crippen LogP contribution in [0.1, 0.15) is 31.7 Å². The second kappa shape index (κ2) is 6.48. The number of hydrogen-bond acceptors (Lipinski definition) is 2. The predicted octanol–water partition coefficient (Wildman–Crippen LogP) is 2.71. The molecule has 0 spiro atoms. The van der Waals surface area contributed by atoms with Crippen LogP contribution in [0.15, 0.2) is 30.3 Å². The first-order chi connectivity index (χ1) is 8.70. The van der Waals surface area contributed by atoms with Gasteiger partial charge in [0.25, 0.3) is 0 Å². The average Bonchev–Trinajstić information content (AvgIpc) is 2.40. The first-order valence-electron chi connectivity index (χ1n) is 6.79. The van der Waals surface area contributed by atoms with Gasteiger partial charge in [0.15, 0.2) is 0 Å². The van der Waals surface area contributed by atoms with Gasteiger partial charge >= 0.3 is 0 Å². The van der Waals surface area contributed by atoms with Gasteiger partial charge in [-0.15, -0.1) is 0 Å². The van der Waals surface area contributed by atoms with Crippen LogP contribution in [0.25, 0.3) is 0 Å². The summed E-state index contributed by atoms with van der Waals surface area (Å²) < 4.78 is 12.6. The van der Waals surface area contributed by atoms with E-state index in [1.807, 2.05) is 25.2 Å². The van der Waals surface area contributed by atoms with E-state index >= 15 is 0 Å². The molecule has 0 amide bonds. The van der Waals surface area contributed by atoms with Crippen LogP contribution in [0.4, 0.5) is 0 Å². The van der Waals surface area contributed by atoms with E-state index < -0.39 is 10.8 Å². The summed E-state index contributed by atoms with van der Waals surface area (Å²) in [6.07, 6.45) is 3.50. The molecule has 1 N–H and O–H groups in total. The van der Waals surface area contributed by atoms with Crippen LogP contribution < -0.4 is 5.32 Å². The average molecular weight is 265 g/mol. The molecule has 1 fully saturated rings. The fourth-order valence-corrected chi connectivity index (χ4v) is 4.71. The predicted molar refractivity (Wildman–Crippen MR) is 77.9 cm³/mol. The van der Waals surface area contributed by atoms with Crippen LogP contribution in [0, 0.1) is 5.92 Å². The van der Waals surface area contributed by atoms with Crippen molar-refractivity contribution in [3.05, 3.63) is 35.9 Å². The zero-order valence-electron chi connectivity index (χ0n) is 11.3. The smallest absolute Gasteiger partial charge is 0.0507 e.